The number of methoxy groups -OCH3 is 3. The minimum absolute atomic E-state index is 0.0518. The van der Waals surface area contributed by atoms with Gasteiger partial charge in [0, 0.05) is 35.1 Å². The Morgan fingerprint density at radius 3 is 2.51 bits per heavy atom. The van der Waals surface area contributed by atoms with Crippen molar-refractivity contribution < 1.29 is 19.0 Å². The van der Waals surface area contributed by atoms with Crippen molar-refractivity contribution in [1.82, 2.24) is 10.2 Å². The summed E-state index contributed by atoms with van der Waals surface area (Å²) < 4.78 is 17.4. The number of carbonyl (C=O) groups excluding carboxylic acids is 1. The van der Waals surface area contributed by atoms with E-state index in [2.05, 4.69) is 22.8 Å². The van der Waals surface area contributed by atoms with Crippen molar-refractivity contribution in [2.24, 2.45) is 11.1 Å². The molecule has 0 saturated carbocycles. The summed E-state index contributed by atoms with van der Waals surface area (Å²) >= 11 is 2.86. The zero-order valence-electron chi connectivity index (χ0n) is 21.5. The molecular weight excluding hydrogens is 510 g/mol. The Bertz CT molecular complexity index is 1360. The van der Waals surface area contributed by atoms with Gasteiger partial charge < -0.3 is 19.9 Å². The van der Waals surface area contributed by atoms with Gasteiger partial charge in [-0.2, -0.15) is 5.26 Å². The predicted molar refractivity (Wildman–Crippen MR) is 144 cm³/mol. The summed E-state index contributed by atoms with van der Waals surface area (Å²) in [5.74, 6) is 1.49. The number of nitriles is 1. The maximum absolute atomic E-state index is 13.8. The van der Waals surface area contributed by atoms with Crippen LogP contribution in [0.5, 0.6) is 17.2 Å². The summed E-state index contributed by atoms with van der Waals surface area (Å²) in [5, 5.41) is 19.5. The molecule has 11 heteroatoms. The standard InChI is InChI=1S/C26H29N5O4S2/c1-7-8-36-25-30-29-24(37-25)31-16-11-26(2,3)12-17(32)22(16)21(15(13-27)23(31)28)14-9-19(34-5)20(35-6)10-18(14)33-4/h7,9-10,21H,1,8,11-12,28H2,2-6H3. The van der Waals surface area contributed by atoms with Crippen LogP contribution in [-0.4, -0.2) is 43.1 Å². The number of ether oxygens (including phenoxy) is 3. The van der Waals surface area contributed by atoms with Crippen LogP contribution in [0, 0.1) is 16.7 Å². The summed E-state index contributed by atoms with van der Waals surface area (Å²) in [6, 6.07) is 5.71. The van der Waals surface area contributed by atoms with Gasteiger partial charge in [0.05, 0.1) is 38.9 Å². The molecule has 0 bridgehead atoms. The van der Waals surface area contributed by atoms with E-state index < -0.39 is 5.92 Å². The van der Waals surface area contributed by atoms with E-state index in [9.17, 15) is 10.1 Å². The summed E-state index contributed by atoms with van der Waals surface area (Å²) in [4.78, 5) is 15.5. The van der Waals surface area contributed by atoms with E-state index in [0.717, 1.165) is 10.0 Å². The lowest BCUT2D eigenvalue weighted by Crippen LogP contribution is -2.42. The number of rotatable bonds is 8. The smallest absolute Gasteiger partial charge is 0.219 e. The minimum Gasteiger partial charge on any atom is -0.496 e. The second-order valence-electron chi connectivity index (χ2n) is 9.38. The van der Waals surface area contributed by atoms with Gasteiger partial charge in [0.2, 0.25) is 5.13 Å². The number of Topliss-reactive ketones (excluding diaryl/α,β-unsaturated/α-hetero) is 1. The molecule has 0 fully saturated rings. The van der Waals surface area contributed by atoms with Crippen molar-refractivity contribution in [3.8, 4) is 23.3 Å². The number of allylic oxidation sites excluding steroid dienone is 3. The van der Waals surface area contributed by atoms with Crippen LogP contribution in [-0.2, 0) is 4.79 Å². The van der Waals surface area contributed by atoms with Crippen molar-refractivity contribution in [2.75, 3.05) is 32.0 Å². The molecule has 0 saturated heterocycles. The molecule has 1 atom stereocenters. The Labute approximate surface area is 224 Å². The van der Waals surface area contributed by atoms with Gasteiger partial charge in [-0.15, -0.1) is 16.8 Å². The van der Waals surface area contributed by atoms with Crippen molar-refractivity contribution >= 4 is 34.0 Å². The first kappa shape index (κ1) is 26.6. The third-order valence-corrected chi connectivity index (χ3v) is 8.38. The Morgan fingerprint density at radius 2 is 1.89 bits per heavy atom. The Balaban J connectivity index is 1.98. The van der Waals surface area contributed by atoms with Gasteiger partial charge in [0.15, 0.2) is 21.6 Å². The van der Waals surface area contributed by atoms with Crippen molar-refractivity contribution in [1.29, 1.82) is 5.26 Å². The summed E-state index contributed by atoms with van der Waals surface area (Å²) in [7, 11) is 4.59. The predicted octanol–water partition coefficient (Wildman–Crippen LogP) is 4.78. The average Bonchev–Trinajstić information content (AvgIpc) is 3.33. The molecule has 1 aromatic carbocycles. The molecule has 2 heterocycles. The van der Waals surface area contributed by atoms with E-state index in [1.807, 2.05) is 13.8 Å². The Morgan fingerprint density at radius 1 is 1.22 bits per heavy atom. The number of ketones is 1. The molecule has 2 N–H and O–H groups in total. The van der Waals surface area contributed by atoms with Crippen LogP contribution in [0.2, 0.25) is 0 Å². The highest BCUT2D eigenvalue weighted by molar-refractivity contribution is 8.01. The van der Waals surface area contributed by atoms with Crippen molar-refractivity contribution in [3.63, 3.8) is 0 Å². The molecule has 0 spiro atoms. The van der Waals surface area contributed by atoms with Crippen LogP contribution in [0.1, 0.15) is 38.2 Å². The topological polar surface area (TPSA) is 124 Å². The molecule has 1 unspecified atom stereocenters. The molecule has 2 aromatic rings. The van der Waals surface area contributed by atoms with Gasteiger partial charge in [-0.25, -0.2) is 0 Å². The molecular formula is C26H29N5O4S2. The first-order chi connectivity index (χ1) is 17.7. The molecule has 1 aliphatic carbocycles. The zero-order valence-corrected chi connectivity index (χ0v) is 23.1. The van der Waals surface area contributed by atoms with Gasteiger partial charge in [-0.05, 0) is 17.9 Å². The fourth-order valence-corrected chi connectivity index (χ4v) is 6.44. The van der Waals surface area contributed by atoms with Crippen LogP contribution in [0.25, 0.3) is 0 Å². The van der Waals surface area contributed by atoms with Gasteiger partial charge in [0.25, 0.3) is 0 Å². The molecule has 0 radical (unpaired) electrons. The number of thioether (sulfide) groups is 1. The highest BCUT2D eigenvalue weighted by atomic mass is 32.2. The number of hydrogen-bond donors (Lipinski definition) is 1. The lowest BCUT2D eigenvalue weighted by molar-refractivity contribution is -0.118. The molecule has 1 aromatic heterocycles. The third kappa shape index (κ3) is 4.79. The number of carbonyl (C=O) groups is 1. The van der Waals surface area contributed by atoms with E-state index >= 15 is 0 Å². The number of anilines is 1. The fourth-order valence-electron chi connectivity index (χ4n) is 4.80. The summed E-state index contributed by atoms with van der Waals surface area (Å²) in [6.45, 7) is 7.84. The first-order valence-electron chi connectivity index (χ1n) is 11.5. The number of hydrogen-bond acceptors (Lipinski definition) is 11. The van der Waals surface area contributed by atoms with Crippen LogP contribution in [0.3, 0.4) is 0 Å². The third-order valence-electron chi connectivity index (χ3n) is 6.34. The van der Waals surface area contributed by atoms with Crippen LogP contribution >= 0.6 is 23.1 Å². The van der Waals surface area contributed by atoms with E-state index in [4.69, 9.17) is 19.9 Å². The van der Waals surface area contributed by atoms with Crippen LogP contribution in [0.4, 0.5) is 5.13 Å². The number of aromatic nitrogens is 2. The molecule has 0 amide bonds. The maximum Gasteiger partial charge on any atom is 0.219 e. The lowest BCUT2D eigenvalue weighted by atomic mass is 9.68. The first-order valence-corrected chi connectivity index (χ1v) is 13.3. The van der Waals surface area contributed by atoms with Crippen molar-refractivity contribution in [3.05, 3.63) is 53.0 Å². The van der Waals surface area contributed by atoms with Gasteiger partial charge in [0.1, 0.15) is 11.6 Å². The maximum atomic E-state index is 13.8. The highest BCUT2D eigenvalue weighted by Gasteiger charge is 2.46. The van der Waals surface area contributed by atoms with Gasteiger partial charge in [-0.1, -0.05) is 43.0 Å². The number of nitrogens with zero attached hydrogens (tertiary/aromatic N) is 4. The summed E-state index contributed by atoms with van der Waals surface area (Å²) in [6.07, 6.45) is 2.69. The lowest BCUT2D eigenvalue weighted by Gasteiger charge is -2.42. The second kappa shape index (κ2) is 10.5. The second-order valence-corrected chi connectivity index (χ2v) is 11.6. The van der Waals surface area contributed by atoms with Gasteiger partial charge >= 0.3 is 0 Å². The Kier molecular flexibility index (Phi) is 7.52. The summed E-state index contributed by atoms with van der Waals surface area (Å²) in [5.41, 5.74) is 8.46. The highest BCUT2D eigenvalue weighted by Crippen LogP contribution is 2.53. The quantitative estimate of drug-likeness (QED) is 0.370. The monoisotopic (exact) mass is 539 g/mol. The van der Waals surface area contributed by atoms with E-state index in [1.54, 1.807) is 23.1 Å². The molecule has 37 heavy (non-hydrogen) atoms. The van der Waals surface area contributed by atoms with E-state index in [-0.39, 0.29) is 22.6 Å². The minimum atomic E-state index is -0.739. The van der Waals surface area contributed by atoms with Crippen molar-refractivity contribution in [2.45, 2.75) is 36.9 Å². The van der Waals surface area contributed by atoms with Crippen LogP contribution < -0.4 is 24.8 Å². The number of nitrogens with two attached hydrogens (primary N) is 1. The Hall–Kier alpha value is -3.49. The fraction of sp³-hybridized carbons (Fsp3) is 0.385. The SMILES string of the molecule is C=CCSc1nnc(N2C(N)=C(C#N)C(c3cc(OC)c(OC)cc3OC)C3=C2CC(C)(C)CC3=O)s1. The van der Waals surface area contributed by atoms with E-state index in [0.29, 0.717) is 52.1 Å². The largest absolute Gasteiger partial charge is 0.496 e. The molecule has 1 aliphatic heterocycles. The average molecular weight is 540 g/mol. The molecule has 4 rings (SSSR count). The molecule has 9 nitrogen and oxygen atoms in total. The molecule has 2 aliphatic rings. The number of benzene rings is 1. The normalized spacial score (nSPS) is 18.9. The zero-order chi connectivity index (χ0) is 26.9. The molecule has 194 valence electrons. The van der Waals surface area contributed by atoms with Gasteiger partial charge in [-0.3, -0.25) is 9.69 Å². The van der Waals surface area contributed by atoms with E-state index in [1.165, 1.54) is 44.4 Å². The van der Waals surface area contributed by atoms with Crippen LogP contribution in [0.15, 0.2) is 51.8 Å².